The number of nitrogens with zero attached hydrogens (tertiary/aromatic N) is 2. The number of amides is 1. The van der Waals surface area contributed by atoms with Gasteiger partial charge >= 0.3 is 0 Å². The zero-order valence-corrected chi connectivity index (χ0v) is 13.3. The number of benzene rings is 1. The summed E-state index contributed by atoms with van der Waals surface area (Å²) in [6.45, 7) is 1.82. The number of halogens is 1. The van der Waals surface area contributed by atoms with E-state index in [0.29, 0.717) is 15.9 Å². The highest BCUT2D eigenvalue weighted by molar-refractivity contribution is 7.99. The van der Waals surface area contributed by atoms with E-state index in [2.05, 4.69) is 10.3 Å². The van der Waals surface area contributed by atoms with Gasteiger partial charge < -0.3 is 15.0 Å². The standard InChI is InChI=1S/C14H16ClN3O2S/c1-9-5-10(15)3-4-12(9)17-13(20)8-21-14-16-6-11(7-19)18(14)2/h3-6,19H,7-8H2,1-2H3,(H,17,20). The molecule has 0 unspecified atom stereocenters. The summed E-state index contributed by atoms with van der Waals surface area (Å²) in [5, 5.41) is 13.3. The number of aromatic nitrogens is 2. The molecule has 1 aromatic heterocycles. The van der Waals surface area contributed by atoms with Crippen LogP contribution in [0.4, 0.5) is 5.69 Å². The molecule has 1 heterocycles. The van der Waals surface area contributed by atoms with E-state index in [0.717, 1.165) is 11.3 Å². The van der Waals surface area contributed by atoms with Crippen LogP contribution in [-0.2, 0) is 18.4 Å². The number of hydrogen-bond donors (Lipinski definition) is 2. The Hall–Kier alpha value is -1.50. The Bertz CT molecular complexity index is 658. The molecule has 0 saturated carbocycles. The Kier molecular flexibility index (Phi) is 5.27. The van der Waals surface area contributed by atoms with Crippen LogP contribution in [-0.4, -0.2) is 26.3 Å². The molecular weight excluding hydrogens is 310 g/mol. The smallest absolute Gasteiger partial charge is 0.234 e. The summed E-state index contributed by atoms with van der Waals surface area (Å²) in [4.78, 5) is 16.1. The number of aliphatic hydroxyl groups excluding tert-OH is 1. The van der Waals surface area contributed by atoms with Gasteiger partial charge in [0.2, 0.25) is 5.91 Å². The number of imidazole rings is 1. The van der Waals surface area contributed by atoms with Crippen molar-refractivity contribution in [3.8, 4) is 0 Å². The van der Waals surface area contributed by atoms with Crippen molar-refractivity contribution in [3.63, 3.8) is 0 Å². The minimum absolute atomic E-state index is 0.0692. The third-order valence-corrected chi connectivity index (χ3v) is 4.28. The minimum Gasteiger partial charge on any atom is -0.390 e. The molecule has 0 aliphatic rings. The first-order valence-corrected chi connectivity index (χ1v) is 7.68. The minimum atomic E-state index is -0.112. The van der Waals surface area contributed by atoms with Gasteiger partial charge in [-0.25, -0.2) is 4.98 Å². The molecule has 5 nitrogen and oxygen atoms in total. The van der Waals surface area contributed by atoms with Gasteiger partial charge in [0.1, 0.15) is 0 Å². The number of rotatable bonds is 5. The summed E-state index contributed by atoms with van der Waals surface area (Å²) in [7, 11) is 1.81. The predicted octanol–water partition coefficient (Wildman–Crippen LogP) is 2.61. The van der Waals surface area contributed by atoms with Crippen molar-refractivity contribution in [2.45, 2.75) is 18.7 Å². The van der Waals surface area contributed by atoms with E-state index in [1.165, 1.54) is 11.8 Å². The molecule has 0 aliphatic heterocycles. The number of thioether (sulfide) groups is 1. The predicted molar refractivity (Wildman–Crippen MR) is 84.7 cm³/mol. The lowest BCUT2D eigenvalue weighted by molar-refractivity contribution is -0.113. The highest BCUT2D eigenvalue weighted by Gasteiger charge is 2.10. The van der Waals surface area contributed by atoms with Crippen molar-refractivity contribution in [2.24, 2.45) is 7.05 Å². The summed E-state index contributed by atoms with van der Waals surface area (Å²) in [6.07, 6.45) is 1.60. The molecule has 0 saturated heterocycles. The normalized spacial score (nSPS) is 10.7. The molecule has 2 aromatic rings. The zero-order chi connectivity index (χ0) is 15.4. The molecule has 112 valence electrons. The van der Waals surface area contributed by atoms with E-state index in [1.807, 2.05) is 14.0 Å². The Morgan fingerprint density at radius 2 is 2.29 bits per heavy atom. The first-order valence-electron chi connectivity index (χ1n) is 6.31. The zero-order valence-electron chi connectivity index (χ0n) is 11.8. The molecule has 2 N–H and O–H groups in total. The van der Waals surface area contributed by atoms with Crippen LogP contribution in [0.5, 0.6) is 0 Å². The van der Waals surface area contributed by atoms with Crippen molar-refractivity contribution < 1.29 is 9.90 Å². The summed E-state index contributed by atoms with van der Waals surface area (Å²) in [6, 6.07) is 5.32. The van der Waals surface area contributed by atoms with Crippen LogP contribution in [0.25, 0.3) is 0 Å². The van der Waals surface area contributed by atoms with Crippen molar-refractivity contribution in [1.29, 1.82) is 0 Å². The van der Waals surface area contributed by atoms with Gasteiger partial charge in [0.05, 0.1) is 24.3 Å². The van der Waals surface area contributed by atoms with Crippen LogP contribution in [0, 0.1) is 6.92 Å². The Morgan fingerprint density at radius 1 is 1.52 bits per heavy atom. The molecule has 0 bridgehead atoms. The van der Waals surface area contributed by atoms with E-state index < -0.39 is 0 Å². The van der Waals surface area contributed by atoms with E-state index in [1.54, 1.807) is 29.0 Å². The molecule has 2 rings (SSSR count). The average molecular weight is 326 g/mol. The highest BCUT2D eigenvalue weighted by atomic mass is 35.5. The molecule has 1 aromatic carbocycles. The van der Waals surface area contributed by atoms with Gasteiger partial charge in [0.25, 0.3) is 0 Å². The van der Waals surface area contributed by atoms with Crippen molar-refractivity contribution in [1.82, 2.24) is 9.55 Å². The number of nitrogens with one attached hydrogen (secondary N) is 1. The number of aliphatic hydroxyl groups is 1. The maximum atomic E-state index is 12.0. The lowest BCUT2D eigenvalue weighted by Crippen LogP contribution is -2.15. The maximum absolute atomic E-state index is 12.0. The molecular formula is C14H16ClN3O2S. The van der Waals surface area contributed by atoms with Gasteiger partial charge in [0, 0.05) is 17.8 Å². The molecule has 0 radical (unpaired) electrons. The monoisotopic (exact) mass is 325 g/mol. The van der Waals surface area contributed by atoms with Crippen molar-refractivity contribution in [2.75, 3.05) is 11.1 Å². The van der Waals surface area contributed by atoms with E-state index in [4.69, 9.17) is 16.7 Å². The van der Waals surface area contributed by atoms with Gasteiger partial charge in [-0.1, -0.05) is 23.4 Å². The first-order chi connectivity index (χ1) is 10.0. The third kappa shape index (κ3) is 4.00. The van der Waals surface area contributed by atoms with E-state index >= 15 is 0 Å². The number of carbonyl (C=O) groups is 1. The molecule has 1 amide bonds. The van der Waals surface area contributed by atoms with Crippen LogP contribution in [0.15, 0.2) is 29.6 Å². The van der Waals surface area contributed by atoms with Crippen LogP contribution in [0.1, 0.15) is 11.3 Å². The second-order valence-corrected chi connectivity index (χ2v) is 5.92. The van der Waals surface area contributed by atoms with Crippen LogP contribution in [0.3, 0.4) is 0 Å². The second-order valence-electron chi connectivity index (χ2n) is 4.55. The maximum Gasteiger partial charge on any atom is 0.234 e. The highest BCUT2D eigenvalue weighted by Crippen LogP contribution is 2.21. The molecule has 0 fully saturated rings. The number of anilines is 1. The molecule has 0 aliphatic carbocycles. The molecule has 0 spiro atoms. The fourth-order valence-corrected chi connectivity index (χ4v) is 2.79. The lowest BCUT2D eigenvalue weighted by Gasteiger charge is -2.08. The van der Waals surface area contributed by atoms with Gasteiger partial charge in [0.15, 0.2) is 5.16 Å². The van der Waals surface area contributed by atoms with E-state index in [9.17, 15) is 4.79 Å². The molecule has 0 atom stereocenters. The summed E-state index contributed by atoms with van der Waals surface area (Å²) in [5.41, 5.74) is 2.38. The summed E-state index contributed by atoms with van der Waals surface area (Å²) in [5.74, 6) is 0.136. The second kappa shape index (κ2) is 6.98. The SMILES string of the molecule is Cc1cc(Cl)ccc1NC(=O)CSc1ncc(CO)n1C. The van der Waals surface area contributed by atoms with Crippen LogP contribution in [0.2, 0.25) is 5.02 Å². The van der Waals surface area contributed by atoms with Gasteiger partial charge in [-0.2, -0.15) is 0 Å². The van der Waals surface area contributed by atoms with Gasteiger partial charge in [-0.05, 0) is 30.7 Å². The van der Waals surface area contributed by atoms with Gasteiger partial charge in [-0.3, -0.25) is 4.79 Å². The van der Waals surface area contributed by atoms with Gasteiger partial charge in [-0.15, -0.1) is 0 Å². The summed E-state index contributed by atoms with van der Waals surface area (Å²) < 4.78 is 1.77. The van der Waals surface area contributed by atoms with Crippen molar-refractivity contribution >= 4 is 35.0 Å². The Balaban J connectivity index is 1.94. The van der Waals surface area contributed by atoms with E-state index in [-0.39, 0.29) is 18.3 Å². The third-order valence-electron chi connectivity index (χ3n) is 3.00. The molecule has 7 heteroatoms. The number of aryl methyl sites for hydroxylation is 1. The Labute approximate surface area is 132 Å². The van der Waals surface area contributed by atoms with Crippen LogP contribution >= 0.6 is 23.4 Å². The number of hydrogen-bond acceptors (Lipinski definition) is 4. The fourth-order valence-electron chi connectivity index (χ4n) is 1.79. The largest absolute Gasteiger partial charge is 0.390 e. The average Bonchev–Trinajstić information content (AvgIpc) is 2.80. The first kappa shape index (κ1) is 15.9. The van der Waals surface area contributed by atoms with Crippen LogP contribution < -0.4 is 5.32 Å². The lowest BCUT2D eigenvalue weighted by atomic mass is 10.2. The topological polar surface area (TPSA) is 67.2 Å². The fraction of sp³-hybridized carbons (Fsp3) is 0.286. The molecule has 21 heavy (non-hydrogen) atoms. The quantitative estimate of drug-likeness (QED) is 0.829. The number of carbonyl (C=O) groups excluding carboxylic acids is 1. The Morgan fingerprint density at radius 3 is 2.90 bits per heavy atom. The van der Waals surface area contributed by atoms with Crippen molar-refractivity contribution in [3.05, 3.63) is 40.7 Å². The summed E-state index contributed by atoms with van der Waals surface area (Å²) >= 11 is 7.20.